The fourth-order valence-electron chi connectivity index (χ4n) is 3.01. The van der Waals surface area contributed by atoms with Gasteiger partial charge in [-0.15, -0.1) is 11.8 Å². The van der Waals surface area contributed by atoms with Gasteiger partial charge in [0.15, 0.2) is 0 Å². The predicted molar refractivity (Wildman–Crippen MR) is 88.1 cm³/mol. The molecule has 2 atom stereocenters. The second-order valence-corrected chi connectivity index (χ2v) is 6.90. The van der Waals surface area contributed by atoms with Gasteiger partial charge in [0.05, 0.1) is 11.4 Å². The molecular weight excluding hydrogens is 298 g/mol. The molecule has 5 nitrogen and oxygen atoms in total. The third-order valence-corrected chi connectivity index (χ3v) is 5.15. The van der Waals surface area contributed by atoms with Crippen LogP contribution in [0.2, 0.25) is 0 Å². The number of rotatable bonds is 3. The second kappa shape index (κ2) is 6.71. The molecule has 0 radical (unpaired) electrons. The summed E-state index contributed by atoms with van der Waals surface area (Å²) in [6.07, 6.45) is 1.88. The lowest BCUT2D eigenvalue weighted by Gasteiger charge is -2.31. The summed E-state index contributed by atoms with van der Waals surface area (Å²) >= 11 is 1.53. The van der Waals surface area contributed by atoms with E-state index in [1.165, 1.54) is 11.8 Å². The standard InChI is InChI=1S/C16H21N3O2S/c1-11-8-12(6-7-17-11)18-15(20)9-19-13-4-2-3-5-14(13)22-10-16(19)21/h2-5,11-12,17H,6-10H2,1H3,(H,18,20). The minimum absolute atomic E-state index is 0.00229. The van der Waals surface area contributed by atoms with Crippen molar-refractivity contribution in [3.8, 4) is 0 Å². The van der Waals surface area contributed by atoms with Crippen molar-refractivity contribution in [2.24, 2.45) is 0 Å². The summed E-state index contributed by atoms with van der Waals surface area (Å²) in [4.78, 5) is 27.1. The maximum Gasteiger partial charge on any atom is 0.240 e. The summed E-state index contributed by atoms with van der Waals surface area (Å²) in [6.45, 7) is 3.16. The molecule has 1 aromatic rings. The van der Waals surface area contributed by atoms with Crippen LogP contribution < -0.4 is 15.5 Å². The van der Waals surface area contributed by atoms with Crippen LogP contribution in [0.3, 0.4) is 0 Å². The molecule has 118 valence electrons. The van der Waals surface area contributed by atoms with Crippen molar-refractivity contribution in [3.05, 3.63) is 24.3 Å². The Kier molecular flexibility index (Phi) is 4.69. The minimum atomic E-state index is -0.0749. The SMILES string of the molecule is CC1CC(NC(=O)CN2C(=O)CSc3ccccc32)CCN1. The molecule has 2 N–H and O–H groups in total. The van der Waals surface area contributed by atoms with Crippen LogP contribution in [0, 0.1) is 0 Å². The summed E-state index contributed by atoms with van der Waals surface area (Å²) in [6, 6.07) is 8.37. The highest BCUT2D eigenvalue weighted by Crippen LogP contribution is 2.34. The first-order chi connectivity index (χ1) is 10.6. The van der Waals surface area contributed by atoms with Gasteiger partial charge in [-0.2, -0.15) is 0 Å². The van der Waals surface area contributed by atoms with E-state index in [4.69, 9.17) is 0 Å². The average Bonchev–Trinajstić information content (AvgIpc) is 2.50. The zero-order valence-electron chi connectivity index (χ0n) is 12.7. The smallest absolute Gasteiger partial charge is 0.240 e. The van der Waals surface area contributed by atoms with Gasteiger partial charge in [0.25, 0.3) is 0 Å². The van der Waals surface area contributed by atoms with E-state index in [1.807, 2.05) is 24.3 Å². The number of nitrogens with one attached hydrogen (secondary N) is 2. The fraction of sp³-hybridized carbons (Fsp3) is 0.500. The Bertz CT molecular complexity index is 578. The van der Waals surface area contributed by atoms with Gasteiger partial charge in [-0.1, -0.05) is 12.1 Å². The molecule has 0 aromatic heterocycles. The van der Waals surface area contributed by atoms with Gasteiger partial charge in [-0.05, 0) is 38.4 Å². The van der Waals surface area contributed by atoms with Crippen molar-refractivity contribution in [3.63, 3.8) is 0 Å². The lowest BCUT2D eigenvalue weighted by molar-refractivity contribution is -0.123. The number of carbonyl (C=O) groups is 2. The van der Waals surface area contributed by atoms with E-state index in [-0.39, 0.29) is 24.4 Å². The number of thioether (sulfide) groups is 1. The lowest BCUT2D eigenvalue weighted by atomic mass is 10.0. The van der Waals surface area contributed by atoms with Crippen LogP contribution in [-0.4, -0.2) is 42.7 Å². The van der Waals surface area contributed by atoms with Gasteiger partial charge in [0.2, 0.25) is 11.8 Å². The zero-order chi connectivity index (χ0) is 15.5. The fourth-order valence-corrected chi connectivity index (χ4v) is 3.94. The zero-order valence-corrected chi connectivity index (χ0v) is 13.5. The van der Waals surface area contributed by atoms with Crippen molar-refractivity contribution >= 4 is 29.3 Å². The number of anilines is 1. The Morgan fingerprint density at radius 1 is 1.45 bits per heavy atom. The van der Waals surface area contributed by atoms with Crippen LogP contribution in [0.5, 0.6) is 0 Å². The molecule has 1 fully saturated rings. The van der Waals surface area contributed by atoms with E-state index in [9.17, 15) is 9.59 Å². The molecule has 0 aliphatic carbocycles. The molecule has 2 aliphatic heterocycles. The first-order valence-electron chi connectivity index (χ1n) is 7.68. The topological polar surface area (TPSA) is 61.4 Å². The number of hydrogen-bond donors (Lipinski definition) is 2. The molecule has 0 spiro atoms. The predicted octanol–water partition coefficient (Wildman–Crippen LogP) is 1.38. The molecule has 2 heterocycles. The van der Waals surface area contributed by atoms with Crippen LogP contribution in [-0.2, 0) is 9.59 Å². The van der Waals surface area contributed by atoms with Crippen LogP contribution in [0.25, 0.3) is 0 Å². The van der Waals surface area contributed by atoms with Crippen LogP contribution in [0.15, 0.2) is 29.2 Å². The highest BCUT2D eigenvalue weighted by atomic mass is 32.2. The normalized spacial score (nSPS) is 24.8. The number of piperidine rings is 1. The van der Waals surface area contributed by atoms with Crippen molar-refractivity contribution in [2.75, 3.05) is 23.7 Å². The van der Waals surface area contributed by atoms with E-state index in [2.05, 4.69) is 17.6 Å². The van der Waals surface area contributed by atoms with E-state index in [0.29, 0.717) is 11.8 Å². The molecule has 6 heteroatoms. The maximum absolute atomic E-state index is 12.3. The number of benzene rings is 1. The van der Waals surface area contributed by atoms with Crippen LogP contribution in [0.4, 0.5) is 5.69 Å². The Hall–Kier alpha value is -1.53. The molecule has 2 amide bonds. The van der Waals surface area contributed by atoms with E-state index in [1.54, 1.807) is 4.90 Å². The number of hydrogen-bond acceptors (Lipinski definition) is 4. The summed E-state index contributed by atoms with van der Waals surface area (Å²) in [5.74, 6) is 0.320. The van der Waals surface area contributed by atoms with Gasteiger partial charge >= 0.3 is 0 Å². The Labute approximate surface area is 134 Å². The second-order valence-electron chi connectivity index (χ2n) is 5.88. The largest absolute Gasteiger partial charge is 0.352 e. The number of nitrogens with zero attached hydrogens (tertiary/aromatic N) is 1. The number of fused-ring (bicyclic) bond motifs is 1. The van der Waals surface area contributed by atoms with Gasteiger partial charge in [0, 0.05) is 17.0 Å². The van der Waals surface area contributed by atoms with Crippen molar-refractivity contribution < 1.29 is 9.59 Å². The summed E-state index contributed by atoms with van der Waals surface area (Å²) in [7, 11) is 0. The average molecular weight is 319 g/mol. The monoisotopic (exact) mass is 319 g/mol. The molecule has 22 heavy (non-hydrogen) atoms. The van der Waals surface area contributed by atoms with Crippen molar-refractivity contribution in [1.29, 1.82) is 0 Å². The summed E-state index contributed by atoms with van der Waals surface area (Å²) in [5.41, 5.74) is 0.845. The number of carbonyl (C=O) groups excluding carboxylic acids is 2. The minimum Gasteiger partial charge on any atom is -0.352 e. The van der Waals surface area contributed by atoms with Crippen LogP contribution >= 0.6 is 11.8 Å². The van der Waals surface area contributed by atoms with Gasteiger partial charge in [-0.3, -0.25) is 9.59 Å². The Balaban J connectivity index is 1.65. The quantitative estimate of drug-likeness (QED) is 0.884. The van der Waals surface area contributed by atoms with Crippen LogP contribution in [0.1, 0.15) is 19.8 Å². The summed E-state index contributed by atoms with van der Waals surface area (Å²) in [5, 5.41) is 6.44. The van der Waals surface area contributed by atoms with E-state index in [0.717, 1.165) is 30.0 Å². The van der Waals surface area contributed by atoms with Gasteiger partial charge in [-0.25, -0.2) is 0 Å². The molecule has 2 aliphatic rings. The Morgan fingerprint density at radius 2 is 2.27 bits per heavy atom. The molecule has 1 saturated heterocycles. The van der Waals surface area contributed by atoms with E-state index >= 15 is 0 Å². The number of amides is 2. The van der Waals surface area contributed by atoms with Gasteiger partial charge in [0.1, 0.15) is 6.54 Å². The van der Waals surface area contributed by atoms with Gasteiger partial charge < -0.3 is 15.5 Å². The highest BCUT2D eigenvalue weighted by molar-refractivity contribution is 8.00. The third kappa shape index (κ3) is 3.44. The molecule has 0 bridgehead atoms. The maximum atomic E-state index is 12.3. The molecule has 2 unspecified atom stereocenters. The van der Waals surface area contributed by atoms with Crippen molar-refractivity contribution in [2.45, 2.75) is 36.7 Å². The summed E-state index contributed by atoms with van der Waals surface area (Å²) < 4.78 is 0. The first kappa shape index (κ1) is 15.4. The Morgan fingerprint density at radius 3 is 3.09 bits per heavy atom. The lowest BCUT2D eigenvalue weighted by Crippen LogP contribution is -2.50. The molecular formula is C16H21N3O2S. The molecule has 0 saturated carbocycles. The number of para-hydroxylation sites is 1. The highest BCUT2D eigenvalue weighted by Gasteiger charge is 2.27. The van der Waals surface area contributed by atoms with E-state index < -0.39 is 0 Å². The first-order valence-corrected chi connectivity index (χ1v) is 8.67. The van der Waals surface area contributed by atoms with Crippen molar-refractivity contribution in [1.82, 2.24) is 10.6 Å². The third-order valence-electron chi connectivity index (χ3n) is 4.10. The molecule has 1 aromatic carbocycles. The molecule has 3 rings (SSSR count).